The van der Waals surface area contributed by atoms with Gasteiger partial charge in [-0.3, -0.25) is 4.79 Å². The van der Waals surface area contributed by atoms with Gasteiger partial charge in [0.2, 0.25) is 5.91 Å². The van der Waals surface area contributed by atoms with Gasteiger partial charge in [-0.05, 0) is 70.6 Å². The fourth-order valence-electron chi connectivity index (χ4n) is 5.06. The van der Waals surface area contributed by atoms with Gasteiger partial charge in [-0.2, -0.15) is 0 Å². The molecule has 0 spiro atoms. The van der Waals surface area contributed by atoms with Crippen LogP contribution >= 0.6 is 0 Å². The Hall–Kier alpha value is -2.17. The van der Waals surface area contributed by atoms with Crippen LogP contribution in [0, 0.1) is 0 Å². The average molecular weight is 626 g/mol. The predicted octanol–water partition coefficient (Wildman–Crippen LogP) is 11.2. The lowest BCUT2D eigenvalue weighted by Crippen LogP contribution is -2.45. The van der Waals surface area contributed by atoms with E-state index in [0.717, 1.165) is 70.6 Å². The number of hydrogen-bond acceptors (Lipinski definition) is 3. The van der Waals surface area contributed by atoms with Crippen molar-refractivity contribution in [2.45, 2.75) is 174 Å². The molecule has 0 bridgehead atoms. The first-order valence-electron chi connectivity index (χ1n) is 18.7. The third kappa shape index (κ3) is 33.0. The van der Waals surface area contributed by atoms with E-state index >= 15 is 0 Å². The highest BCUT2D eigenvalue weighted by atomic mass is 16.3. The summed E-state index contributed by atoms with van der Waals surface area (Å²) in [5.41, 5.74) is 0. The Kier molecular flexibility index (Phi) is 34.5. The second-order valence-electron chi connectivity index (χ2n) is 12.2. The van der Waals surface area contributed by atoms with E-state index in [1.807, 2.05) is 6.08 Å². The van der Waals surface area contributed by atoms with E-state index < -0.39 is 12.1 Å². The molecule has 0 radical (unpaired) electrons. The number of rotatable bonds is 32. The van der Waals surface area contributed by atoms with Crippen LogP contribution in [0.4, 0.5) is 0 Å². The summed E-state index contributed by atoms with van der Waals surface area (Å²) >= 11 is 0. The molecule has 2 unspecified atom stereocenters. The van der Waals surface area contributed by atoms with Crippen LogP contribution < -0.4 is 5.32 Å². The summed E-state index contributed by atoms with van der Waals surface area (Å²) in [5.74, 6) is -0.0928. The van der Waals surface area contributed by atoms with Crippen molar-refractivity contribution in [1.82, 2.24) is 5.32 Å². The first kappa shape index (κ1) is 42.8. The van der Waals surface area contributed by atoms with Gasteiger partial charge in [-0.1, -0.05) is 157 Å². The van der Waals surface area contributed by atoms with Gasteiger partial charge in [0.25, 0.3) is 0 Å². The lowest BCUT2D eigenvalue weighted by molar-refractivity contribution is -0.123. The van der Waals surface area contributed by atoms with Gasteiger partial charge in [0, 0.05) is 6.42 Å². The van der Waals surface area contributed by atoms with Gasteiger partial charge in [-0.25, -0.2) is 0 Å². The molecule has 0 aliphatic heterocycles. The molecule has 0 rings (SSSR count). The van der Waals surface area contributed by atoms with Gasteiger partial charge < -0.3 is 15.5 Å². The van der Waals surface area contributed by atoms with Crippen molar-refractivity contribution < 1.29 is 15.0 Å². The van der Waals surface area contributed by atoms with Gasteiger partial charge in [-0.15, -0.1) is 0 Å². The number of nitrogens with one attached hydrogen (secondary N) is 1. The molecule has 0 fully saturated rings. The van der Waals surface area contributed by atoms with E-state index in [0.29, 0.717) is 6.42 Å². The molecule has 0 aromatic heterocycles. The maximum Gasteiger partial charge on any atom is 0.220 e. The van der Waals surface area contributed by atoms with Crippen LogP contribution in [0.2, 0.25) is 0 Å². The molecule has 0 aromatic carbocycles. The molecule has 2 atom stereocenters. The van der Waals surface area contributed by atoms with Crippen LogP contribution in [0.15, 0.2) is 72.9 Å². The minimum Gasteiger partial charge on any atom is -0.394 e. The molecule has 0 aromatic rings. The number of carbonyl (C=O) groups excluding carboxylic acids is 1. The lowest BCUT2D eigenvalue weighted by Gasteiger charge is -2.19. The number of hydrogen-bond donors (Lipinski definition) is 3. The molecule has 4 heteroatoms. The first-order chi connectivity index (χ1) is 22.2. The minimum absolute atomic E-state index is 0.0928. The summed E-state index contributed by atoms with van der Waals surface area (Å²) in [6, 6.07) is -0.648. The van der Waals surface area contributed by atoms with Crippen molar-refractivity contribution in [3.8, 4) is 0 Å². The fourth-order valence-corrected chi connectivity index (χ4v) is 5.06. The van der Waals surface area contributed by atoms with E-state index in [2.05, 4.69) is 79.9 Å². The average Bonchev–Trinajstić information content (AvgIpc) is 3.04. The van der Waals surface area contributed by atoms with Crippen molar-refractivity contribution >= 4 is 5.91 Å². The molecule has 0 aliphatic carbocycles. The van der Waals surface area contributed by atoms with Crippen LogP contribution in [0.1, 0.15) is 162 Å². The van der Waals surface area contributed by atoms with Gasteiger partial charge in [0.1, 0.15) is 0 Å². The second-order valence-corrected chi connectivity index (χ2v) is 12.2. The Labute approximate surface area is 278 Å². The Morgan fingerprint density at radius 1 is 0.556 bits per heavy atom. The summed E-state index contributed by atoms with van der Waals surface area (Å²) < 4.78 is 0. The van der Waals surface area contributed by atoms with Crippen molar-refractivity contribution in [3.05, 3.63) is 72.9 Å². The second kappa shape index (κ2) is 36.3. The topological polar surface area (TPSA) is 69.6 Å². The highest BCUT2D eigenvalue weighted by molar-refractivity contribution is 5.76. The number of unbranched alkanes of at least 4 members (excludes halogenated alkanes) is 15. The number of aliphatic hydroxyl groups is 2. The van der Waals surface area contributed by atoms with E-state index in [9.17, 15) is 15.0 Å². The molecule has 258 valence electrons. The van der Waals surface area contributed by atoms with Crippen molar-refractivity contribution in [2.75, 3.05) is 6.61 Å². The quantitative estimate of drug-likeness (QED) is 0.0514. The van der Waals surface area contributed by atoms with Gasteiger partial charge in [0.05, 0.1) is 18.8 Å². The Bertz CT molecular complexity index is 808. The molecule has 0 saturated heterocycles. The minimum atomic E-state index is -0.870. The molecular weight excluding hydrogens is 554 g/mol. The maximum absolute atomic E-state index is 12.3. The summed E-state index contributed by atoms with van der Waals surface area (Å²) in [6.07, 6.45) is 51.3. The van der Waals surface area contributed by atoms with Crippen LogP contribution in [-0.2, 0) is 4.79 Å². The molecular formula is C41H71NO3. The number of amides is 1. The van der Waals surface area contributed by atoms with Crippen LogP contribution in [0.5, 0.6) is 0 Å². The molecule has 0 saturated carbocycles. The number of allylic oxidation sites excluding steroid dienone is 11. The van der Waals surface area contributed by atoms with E-state index in [4.69, 9.17) is 0 Å². The molecule has 0 heterocycles. The standard InChI is InChI=1S/C41H71NO3/c1-3-5-7-9-11-13-15-17-19-20-21-22-23-25-27-29-31-33-35-37-41(45)42-39(38-43)40(44)36-34-32-30-28-26-24-18-16-14-12-10-8-6-4-2/h5,7,11,13,17,19,21-22,26,28,34,36,39-40,43-44H,3-4,6,8-10,12,14-16,18,20,23-25,27,29-33,35,37-38H2,1-2H3,(H,42,45)/b7-5-,13-11-,19-17-,22-21-,28-26+,36-34+. The van der Waals surface area contributed by atoms with E-state index in [1.54, 1.807) is 6.08 Å². The smallest absolute Gasteiger partial charge is 0.220 e. The molecule has 1 amide bonds. The fraction of sp³-hybridized carbons (Fsp3) is 0.683. The largest absolute Gasteiger partial charge is 0.394 e. The zero-order valence-electron chi connectivity index (χ0n) is 29.4. The SMILES string of the molecule is CC/C=C\C/C=C\C/C=C\C/C=C\CCCCCCCCC(=O)NC(CO)C(O)/C=C/CC/C=C/CCCCCCCCCC. The summed E-state index contributed by atoms with van der Waals surface area (Å²) in [6.45, 7) is 4.15. The Balaban J connectivity index is 3.73. The Morgan fingerprint density at radius 2 is 1.00 bits per heavy atom. The maximum atomic E-state index is 12.3. The normalized spacial score (nSPS) is 14.0. The van der Waals surface area contributed by atoms with Gasteiger partial charge >= 0.3 is 0 Å². The summed E-state index contributed by atoms with van der Waals surface area (Å²) in [5, 5.41) is 22.9. The van der Waals surface area contributed by atoms with E-state index in [-0.39, 0.29) is 12.5 Å². The zero-order valence-corrected chi connectivity index (χ0v) is 29.4. The third-order valence-electron chi connectivity index (χ3n) is 7.92. The Morgan fingerprint density at radius 3 is 1.56 bits per heavy atom. The first-order valence-corrected chi connectivity index (χ1v) is 18.7. The third-order valence-corrected chi connectivity index (χ3v) is 7.92. The molecule has 4 nitrogen and oxygen atoms in total. The molecule has 0 aliphatic rings. The van der Waals surface area contributed by atoms with Crippen molar-refractivity contribution in [2.24, 2.45) is 0 Å². The summed E-state index contributed by atoms with van der Waals surface area (Å²) in [4.78, 5) is 12.3. The van der Waals surface area contributed by atoms with Crippen LogP contribution in [-0.4, -0.2) is 34.9 Å². The van der Waals surface area contributed by atoms with Crippen LogP contribution in [0.3, 0.4) is 0 Å². The monoisotopic (exact) mass is 626 g/mol. The van der Waals surface area contributed by atoms with Crippen molar-refractivity contribution in [1.29, 1.82) is 0 Å². The predicted molar refractivity (Wildman–Crippen MR) is 197 cm³/mol. The number of aliphatic hydroxyl groups excluding tert-OH is 2. The van der Waals surface area contributed by atoms with Gasteiger partial charge in [0.15, 0.2) is 0 Å². The van der Waals surface area contributed by atoms with E-state index in [1.165, 1.54) is 70.6 Å². The highest BCUT2D eigenvalue weighted by Crippen LogP contribution is 2.11. The lowest BCUT2D eigenvalue weighted by atomic mass is 10.1. The highest BCUT2D eigenvalue weighted by Gasteiger charge is 2.17. The van der Waals surface area contributed by atoms with Crippen LogP contribution in [0.25, 0.3) is 0 Å². The summed E-state index contributed by atoms with van der Waals surface area (Å²) in [7, 11) is 0. The zero-order chi connectivity index (χ0) is 32.9. The molecule has 3 N–H and O–H groups in total. The molecule has 45 heavy (non-hydrogen) atoms. The number of carbonyl (C=O) groups is 1. The van der Waals surface area contributed by atoms with Crippen molar-refractivity contribution in [3.63, 3.8) is 0 Å².